The first-order valence-corrected chi connectivity index (χ1v) is 11.2. The van der Waals surface area contributed by atoms with Gasteiger partial charge in [-0.25, -0.2) is 18.0 Å². The van der Waals surface area contributed by atoms with E-state index in [1.54, 1.807) is 10.9 Å². The Morgan fingerprint density at radius 2 is 1.81 bits per heavy atom. The summed E-state index contributed by atoms with van der Waals surface area (Å²) in [6.45, 7) is 1.30. The summed E-state index contributed by atoms with van der Waals surface area (Å²) < 4.78 is 44.2. The SMILES string of the molecule is COC(=O)/C=C(/Nc1ccc(S(=O)(=O)Nc2cnn(C3CCOCC3)c2)cc1)C(=O)OC. The van der Waals surface area contributed by atoms with E-state index in [1.165, 1.54) is 44.7 Å². The molecule has 1 fully saturated rings. The number of carbonyl (C=O) groups is 2. The van der Waals surface area contributed by atoms with E-state index in [0.29, 0.717) is 24.6 Å². The van der Waals surface area contributed by atoms with E-state index in [-0.39, 0.29) is 16.6 Å². The van der Waals surface area contributed by atoms with Crippen molar-refractivity contribution in [3.8, 4) is 0 Å². The van der Waals surface area contributed by atoms with E-state index >= 15 is 0 Å². The molecule has 0 amide bonds. The normalized spacial score (nSPS) is 15.1. The van der Waals surface area contributed by atoms with E-state index in [1.807, 2.05) is 0 Å². The zero-order chi connectivity index (χ0) is 23.1. The Labute approximate surface area is 185 Å². The molecule has 172 valence electrons. The summed E-state index contributed by atoms with van der Waals surface area (Å²) in [7, 11) is -1.51. The van der Waals surface area contributed by atoms with Crippen molar-refractivity contribution in [2.75, 3.05) is 37.5 Å². The Kier molecular flexibility index (Phi) is 7.49. The van der Waals surface area contributed by atoms with Crippen molar-refractivity contribution >= 4 is 33.3 Å². The molecule has 0 aliphatic carbocycles. The number of hydrogen-bond acceptors (Lipinski definition) is 9. The van der Waals surface area contributed by atoms with Crippen LogP contribution in [0, 0.1) is 0 Å². The topological polar surface area (TPSA) is 138 Å². The van der Waals surface area contributed by atoms with Gasteiger partial charge in [0.15, 0.2) is 0 Å². The van der Waals surface area contributed by atoms with Gasteiger partial charge < -0.3 is 19.5 Å². The molecule has 1 aromatic heterocycles. The molecule has 1 aliphatic rings. The minimum absolute atomic E-state index is 0.0124. The number of methoxy groups -OCH3 is 2. The second-order valence-corrected chi connectivity index (χ2v) is 8.56. The maximum atomic E-state index is 12.7. The summed E-state index contributed by atoms with van der Waals surface area (Å²) in [6.07, 6.45) is 5.70. The lowest BCUT2D eigenvalue weighted by Gasteiger charge is -2.22. The average Bonchev–Trinajstić information content (AvgIpc) is 3.26. The highest BCUT2D eigenvalue weighted by Crippen LogP contribution is 2.23. The molecule has 0 radical (unpaired) electrons. The number of esters is 2. The summed E-state index contributed by atoms with van der Waals surface area (Å²) in [4.78, 5) is 23.3. The van der Waals surface area contributed by atoms with Gasteiger partial charge in [0.05, 0.1) is 43.1 Å². The van der Waals surface area contributed by atoms with Crippen LogP contribution in [-0.2, 0) is 33.8 Å². The van der Waals surface area contributed by atoms with Crippen LogP contribution >= 0.6 is 0 Å². The molecule has 2 aromatic rings. The lowest BCUT2D eigenvalue weighted by atomic mass is 10.1. The standard InChI is InChI=1S/C20H24N4O7S/c1-29-19(25)11-18(20(26)30-2)22-14-3-5-17(6-4-14)32(27,28)23-15-12-21-24(13-15)16-7-9-31-10-8-16/h3-6,11-13,16,22-23H,7-10H2,1-2H3/b18-11+. The van der Waals surface area contributed by atoms with E-state index < -0.39 is 22.0 Å². The Balaban J connectivity index is 1.70. The van der Waals surface area contributed by atoms with Crippen LogP contribution in [0.2, 0.25) is 0 Å². The zero-order valence-electron chi connectivity index (χ0n) is 17.6. The van der Waals surface area contributed by atoms with Crippen molar-refractivity contribution < 1.29 is 32.2 Å². The maximum Gasteiger partial charge on any atom is 0.354 e. The van der Waals surface area contributed by atoms with Gasteiger partial charge in [0, 0.05) is 25.1 Å². The van der Waals surface area contributed by atoms with Crippen LogP contribution in [0.5, 0.6) is 0 Å². The first-order valence-electron chi connectivity index (χ1n) is 9.72. The molecule has 11 nitrogen and oxygen atoms in total. The minimum Gasteiger partial charge on any atom is -0.466 e. The van der Waals surface area contributed by atoms with Gasteiger partial charge >= 0.3 is 11.9 Å². The number of nitrogens with zero attached hydrogens (tertiary/aromatic N) is 2. The summed E-state index contributed by atoms with van der Waals surface area (Å²) >= 11 is 0. The van der Waals surface area contributed by atoms with E-state index in [9.17, 15) is 18.0 Å². The van der Waals surface area contributed by atoms with Gasteiger partial charge in [-0.3, -0.25) is 9.40 Å². The van der Waals surface area contributed by atoms with Gasteiger partial charge in [-0.15, -0.1) is 0 Å². The molecular formula is C20H24N4O7S. The van der Waals surface area contributed by atoms with E-state index in [2.05, 4.69) is 24.6 Å². The van der Waals surface area contributed by atoms with E-state index in [4.69, 9.17) is 4.74 Å². The molecule has 0 unspecified atom stereocenters. The summed E-state index contributed by atoms with van der Waals surface area (Å²) in [5, 5.41) is 6.97. The Morgan fingerprint density at radius 3 is 2.44 bits per heavy atom. The number of carbonyl (C=O) groups excluding carboxylic acids is 2. The van der Waals surface area contributed by atoms with Crippen molar-refractivity contribution in [2.24, 2.45) is 0 Å². The molecular weight excluding hydrogens is 440 g/mol. The second kappa shape index (κ2) is 10.3. The summed E-state index contributed by atoms with van der Waals surface area (Å²) in [5.74, 6) is -1.53. The van der Waals surface area contributed by atoms with E-state index in [0.717, 1.165) is 18.9 Å². The van der Waals surface area contributed by atoms with Crippen LogP contribution in [0.25, 0.3) is 0 Å². The fraction of sp³-hybridized carbons (Fsp3) is 0.350. The summed E-state index contributed by atoms with van der Waals surface area (Å²) in [6, 6.07) is 5.80. The van der Waals surface area contributed by atoms with Crippen molar-refractivity contribution in [1.82, 2.24) is 9.78 Å². The van der Waals surface area contributed by atoms with Crippen LogP contribution in [0.4, 0.5) is 11.4 Å². The summed E-state index contributed by atoms with van der Waals surface area (Å²) in [5.41, 5.74) is 0.568. The zero-order valence-corrected chi connectivity index (χ0v) is 18.4. The monoisotopic (exact) mass is 464 g/mol. The number of nitrogens with one attached hydrogen (secondary N) is 2. The molecule has 1 saturated heterocycles. The van der Waals surface area contributed by atoms with Crippen LogP contribution in [0.3, 0.4) is 0 Å². The van der Waals surface area contributed by atoms with Crippen molar-refractivity contribution in [3.05, 3.63) is 48.4 Å². The largest absolute Gasteiger partial charge is 0.466 e. The lowest BCUT2D eigenvalue weighted by molar-refractivity contribution is -0.138. The van der Waals surface area contributed by atoms with Crippen molar-refractivity contribution in [3.63, 3.8) is 0 Å². The third-order valence-electron chi connectivity index (χ3n) is 4.73. The van der Waals surface area contributed by atoms with Crippen molar-refractivity contribution in [1.29, 1.82) is 0 Å². The van der Waals surface area contributed by atoms with Crippen molar-refractivity contribution in [2.45, 2.75) is 23.8 Å². The first-order chi connectivity index (χ1) is 15.3. The molecule has 0 saturated carbocycles. The quantitative estimate of drug-likeness (QED) is 0.441. The van der Waals surface area contributed by atoms with Crippen LogP contribution < -0.4 is 10.0 Å². The molecule has 3 rings (SSSR count). The molecule has 2 N–H and O–H groups in total. The fourth-order valence-electron chi connectivity index (χ4n) is 3.06. The number of sulfonamides is 1. The Hall–Kier alpha value is -3.38. The van der Waals surface area contributed by atoms with Gasteiger partial charge in [0.25, 0.3) is 10.0 Å². The molecule has 2 heterocycles. The predicted octanol–water partition coefficient (Wildman–Crippen LogP) is 1.68. The van der Waals surface area contributed by atoms with Crippen LogP contribution in [0.1, 0.15) is 18.9 Å². The van der Waals surface area contributed by atoms with Crippen LogP contribution in [0.15, 0.2) is 53.3 Å². The number of ether oxygens (including phenoxy) is 3. The first kappa shape index (κ1) is 23.3. The number of hydrogen-bond donors (Lipinski definition) is 2. The Morgan fingerprint density at radius 1 is 1.12 bits per heavy atom. The number of rotatable bonds is 8. The molecule has 1 aliphatic heterocycles. The smallest absolute Gasteiger partial charge is 0.354 e. The minimum atomic E-state index is -3.86. The highest BCUT2D eigenvalue weighted by atomic mass is 32.2. The third kappa shape index (κ3) is 5.86. The lowest BCUT2D eigenvalue weighted by Crippen LogP contribution is -2.19. The molecule has 1 aromatic carbocycles. The molecule has 12 heteroatoms. The van der Waals surface area contributed by atoms with Gasteiger partial charge in [-0.2, -0.15) is 5.10 Å². The third-order valence-corrected chi connectivity index (χ3v) is 6.13. The number of aromatic nitrogens is 2. The average molecular weight is 465 g/mol. The van der Waals surface area contributed by atoms with Gasteiger partial charge in [-0.05, 0) is 37.1 Å². The predicted molar refractivity (Wildman–Crippen MR) is 114 cm³/mol. The fourth-order valence-corrected chi connectivity index (χ4v) is 4.09. The number of anilines is 2. The number of benzene rings is 1. The molecule has 0 spiro atoms. The molecule has 32 heavy (non-hydrogen) atoms. The van der Waals surface area contributed by atoms with Gasteiger partial charge in [0.2, 0.25) is 0 Å². The highest BCUT2D eigenvalue weighted by Gasteiger charge is 2.19. The maximum absolute atomic E-state index is 12.7. The van der Waals surface area contributed by atoms with Crippen LogP contribution in [-0.4, -0.2) is 57.6 Å². The Bertz CT molecular complexity index is 1090. The molecule has 0 bridgehead atoms. The highest BCUT2D eigenvalue weighted by molar-refractivity contribution is 7.92. The second-order valence-electron chi connectivity index (χ2n) is 6.88. The molecule has 0 atom stereocenters. The van der Waals surface area contributed by atoms with Gasteiger partial charge in [-0.1, -0.05) is 0 Å². The van der Waals surface area contributed by atoms with Gasteiger partial charge in [0.1, 0.15) is 5.70 Å².